The van der Waals surface area contributed by atoms with Gasteiger partial charge in [0.25, 0.3) is 0 Å². The zero-order valence-electron chi connectivity index (χ0n) is 12.3. The molecule has 0 aliphatic rings. The van der Waals surface area contributed by atoms with Crippen molar-refractivity contribution < 1.29 is 9.90 Å². The van der Waals surface area contributed by atoms with Gasteiger partial charge in [0.05, 0.1) is 5.69 Å². The Morgan fingerprint density at radius 1 is 1.23 bits per heavy atom. The van der Waals surface area contributed by atoms with E-state index in [0.717, 1.165) is 27.7 Å². The van der Waals surface area contributed by atoms with E-state index in [1.54, 1.807) is 23.9 Å². The summed E-state index contributed by atoms with van der Waals surface area (Å²) < 4.78 is 0. The number of carbonyl (C=O) groups is 1. The molecule has 0 bridgehead atoms. The first-order valence-electron chi connectivity index (χ1n) is 7.02. The maximum Gasteiger partial charge on any atom is 0.224 e. The third kappa shape index (κ3) is 5.28. The van der Waals surface area contributed by atoms with Crippen LogP contribution in [0.15, 0.2) is 47.4 Å². The zero-order valence-corrected chi connectivity index (χ0v) is 13.9. The molecule has 2 aromatic rings. The Hall–Kier alpha value is -1.65. The lowest BCUT2D eigenvalue weighted by molar-refractivity contribution is -0.116. The number of hydrogen-bond acceptors (Lipinski definition) is 3. The fraction of sp³-hybridized carbons (Fsp3) is 0.235. The number of amides is 1. The van der Waals surface area contributed by atoms with E-state index in [4.69, 9.17) is 11.6 Å². The summed E-state index contributed by atoms with van der Waals surface area (Å²) in [5.41, 5.74) is 1.41. The van der Waals surface area contributed by atoms with Gasteiger partial charge in [-0.15, -0.1) is 11.8 Å². The molecule has 5 heteroatoms. The Morgan fingerprint density at radius 2 is 1.95 bits per heavy atom. The normalized spacial score (nSPS) is 10.5. The van der Waals surface area contributed by atoms with E-state index in [2.05, 4.69) is 5.32 Å². The zero-order chi connectivity index (χ0) is 15.9. The topological polar surface area (TPSA) is 49.3 Å². The molecule has 0 aromatic heterocycles. The van der Waals surface area contributed by atoms with Gasteiger partial charge in [0.2, 0.25) is 5.91 Å². The third-order valence-electron chi connectivity index (χ3n) is 3.06. The fourth-order valence-corrected chi connectivity index (χ4v) is 2.89. The minimum Gasteiger partial charge on any atom is -0.506 e. The molecule has 0 spiro atoms. The molecule has 116 valence electrons. The third-order valence-corrected chi connectivity index (χ3v) is 4.41. The number of halogens is 1. The molecule has 2 N–H and O–H groups in total. The molecule has 3 nitrogen and oxygen atoms in total. The quantitative estimate of drug-likeness (QED) is 0.450. The molecular weight excluding hydrogens is 318 g/mol. The largest absolute Gasteiger partial charge is 0.506 e. The summed E-state index contributed by atoms with van der Waals surface area (Å²) in [5.74, 6) is 0.870. The van der Waals surface area contributed by atoms with Crippen molar-refractivity contribution in [2.24, 2.45) is 0 Å². The van der Waals surface area contributed by atoms with Crippen molar-refractivity contribution in [3.63, 3.8) is 0 Å². The van der Waals surface area contributed by atoms with E-state index in [1.165, 1.54) is 0 Å². The number of carbonyl (C=O) groups excluding carboxylic acids is 1. The molecule has 2 aromatic carbocycles. The number of phenols is 1. The van der Waals surface area contributed by atoms with Gasteiger partial charge >= 0.3 is 0 Å². The van der Waals surface area contributed by atoms with Crippen molar-refractivity contribution in [1.29, 1.82) is 0 Å². The molecule has 0 aliphatic carbocycles. The molecular formula is C17H18ClNO2S. The highest BCUT2D eigenvalue weighted by Gasteiger charge is 2.06. The van der Waals surface area contributed by atoms with Crippen molar-refractivity contribution in [3.05, 3.63) is 53.1 Å². The highest BCUT2D eigenvalue weighted by atomic mass is 35.5. The molecule has 0 atom stereocenters. The Labute approximate surface area is 139 Å². The highest BCUT2D eigenvalue weighted by Crippen LogP contribution is 2.24. The molecule has 22 heavy (non-hydrogen) atoms. The lowest BCUT2D eigenvalue weighted by Crippen LogP contribution is -2.11. The van der Waals surface area contributed by atoms with Crippen molar-refractivity contribution in [2.45, 2.75) is 24.7 Å². The minimum absolute atomic E-state index is 0.0872. The van der Waals surface area contributed by atoms with Crippen LogP contribution in [-0.2, 0) is 4.79 Å². The lowest BCUT2D eigenvalue weighted by atomic mass is 10.2. The predicted octanol–water partition coefficient (Wildman–Crippen LogP) is 4.87. The first-order valence-corrected chi connectivity index (χ1v) is 8.39. The van der Waals surface area contributed by atoms with Crippen LogP contribution in [0.3, 0.4) is 0 Å². The van der Waals surface area contributed by atoms with Crippen LogP contribution in [0.4, 0.5) is 5.69 Å². The molecule has 0 unspecified atom stereocenters. The number of aromatic hydroxyl groups is 1. The Morgan fingerprint density at radius 3 is 2.64 bits per heavy atom. The van der Waals surface area contributed by atoms with Crippen LogP contribution in [0.5, 0.6) is 5.75 Å². The van der Waals surface area contributed by atoms with Gasteiger partial charge in [-0.1, -0.05) is 17.7 Å². The first kappa shape index (κ1) is 16.7. The van der Waals surface area contributed by atoms with Gasteiger partial charge in [-0.25, -0.2) is 0 Å². The number of benzene rings is 2. The summed E-state index contributed by atoms with van der Waals surface area (Å²) in [5, 5.41) is 13.2. The van der Waals surface area contributed by atoms with Crippen LogP contribution >= 0.6 is 23.4 Å². The molecule has 0 saturated heterocycles. The van der Waals surface area contributed by atoms with Gasteiger partial charge in [0.15, 0.2) is 0 Å². The van der Waals surface area contributed by atoms with Gasteiger partial charge in [0, 0.05) is 16.3 Å². The van der Waals surface area contributed by atoms with Gasteiger partial charge in [0.1, 0.15) is 5.75 Å². The number of hydrogen-bond donors (Lipinski definition) is 2. The second-order valence-corrected chi connectivity index (χ2v) is 6.58. The van der Waals surface area contributed by atoms with E-state index in [-0.39, 0.29) is 11.7 Å². The SMILES string of the molecule is Cc1ccc(NC(=O)CCCSc2ccc(Cl)cc2)c(O)c1. The molecule has 0 fully saturated rings. The van der Waals surface area contributed by atoms with Crippen molar-refractivity contribution >= 4 is 35.0 Å². The van der Waals surface area contributed by atoms with E-state index < -0.39 is 0 Å². The number of phenolic OH excluding ortho intramolecular Hbond substituents is 1. The van der Waals surface area contributed by atoms with Gasteiger partial charge in [-0.05, 0) is 61.1 Å². The summed E-state index contributed by atoms with van der Waals surface area (Å²) in [6.07, 6.45) is 1.19. The van der Waals surface area contributed by atoms with Crippen LogP contribution in [0.25, 0.3) is 0 Å². The van der Waals surface area contributed by atoms with Gasteiger partial charge in [-0.2, -0.15) is 0 Å². The van der Waals surface area contributed by atoms with Crippen LogP contribution in [0.1, 0.15) is 18.4 Å². The van der Waals surface area contributed by atoms with Crippen LogP contribution in [-0.4, -0.2) is 16.8 Å². The fourth-order valence-electron chi connectivity index (χ4n) is 1.91. The average Bonchev–Trinajstić information content (AvgIpc) is 2.48. The number of rotatable bonds is 6. The number of thioether (sulfide) groups is 1. The molecule has 0 radical (unpaired) electrons. The van der Waals surface area contributed by atoms with E-state index in [0.29, 0.717) is 12.1 Å². The second-order valence-electron chi connectivity index (χ2n) is 4.97. The van der Waals surface area contributed by atoms with Gasteiger partial charge < -0.3 is 10.4 Å². The smallest absolute Gasteiger partial charge is 0.224 e. The summed E-state index contributed by atoms with van der Waals surface area (Å²) in [7, 11) is 0. The van der Waals surface area contributed by atoms with E-state index in [1.807, 2.05) is 37.3 Å². The Balaban J connectivity index is 1.72. The van der Waals surface area contributed by atoms with E-state index >= 15 is 0 Å². The molecule has 2 rings (SSSR count). The Bertz CT molecular complexity index is 644. The minimum atomic E-state index is -0.0872. The monoisotopic (exact) mass is 335 g/mol. The molecule has 0 aliphatic heterocycles. The van der Waals surface area contributed by atoms with Gasteiger partial charge in [-0.3, -0.25) is 4.79 Å². The van der Waals surface area contributed by atoms with Crippen molar-refractivity contribution in [1.82, 2.24) is 0 Å². The maximum absolute atomic E-state index is 11.9. The summed E-state index contributed by atoms with van der Waals surface area (Å²) in [4.78, 5) is 13.0. The molecule has 0 saturated carbocycles. The Kier molecular flexibility index (Phi) is 6.16. The van der Waals surface area contributed by atoms with E-state index in [9.17, 15) is 9.90 Å². The second kappa shape index (κ2) is 8.11. The standard InChI is InChI=1S/C17H18ClNO2S/c1-12-4-9-15(16(20)11-12)19-17(21)3-2-10-22-14-7-5-13(18)6-8-14/h4-9,11,20H,2-3,10H2,1H3,(H,19,21). The predicted molar refractivity (Wildman–Crippen MR) is 92.9 cm³/mol. The number of aryl methyl sites for hydroxylation is 1. The summed E-state index contributed by atoms with van der Waals surface area (Å²) >= 11 is 7.53. The molecule has 1 amide bonds. The lowest BCUT2D eigenvalue weighted by Gasteiger charge is -2.08. The summed E-state index contributed by atoms with van der Waals surface area (Å²) in [6, 6.07) is 12.9. The molecule has 0 heterocycles. The number of anilines is 1. The average molecular weight is 336 g/mol. The highest BCUT2D eigenvalue weighted by molar-refractivity contribution is 7.99. The number of nitrogens with one attached hydrogen (secondary N) is 1. The van der Waals surface area contributed by atoms with Crippen LogP contribution < -0.4 is 5.32 Å². The van der Waals surface area contributed by atoms with Crippen LogP contribution in [0, 0.1) is 6.92 Å². The van der Waals surface area contributed by atoms with Crippen LogP contribution in [0.2, 0.25) is 5.02 Å². The summed E-state index contributed by atoms with van der Waals surface area (Å²) in [6.45, 7) is 1.89. The van der Waals surface area contributed by atoms with Crippen molar-refractivity contribution in [2.75, 3.05) is 11.1 Å². The first-order chi connectivity index (χ1) is 10.5. The van der Waals surface area contributed by atoms with Crippen molar-refractivity contribution in [3.8, 4) is 5.75 Å². The maximum atomic E-state index is 11.9.